The van der Waals surface area contributed by atoms with Crippen molar-refractivity contribution >= 4 is 21.6 Å². The van der Waals surface area contributed by atoms with E-state index < -0.39 is 0 Å². The molecular formula is C14H22BrN3. The summed E-state index contributed by atoms with van der Waals surface area (Å²) >= 11 is 3.53. The third-order valence-electron chi connectivity index (χ3n) is 3.71. The summed E-state index contributed by atoms with van der Waals surface area (Å²) < 4.78 is 1.10. The monoisotopic (exact) mass is 311 g/mol. The van der Waals surface area contributed by atoms with Gasteiger partial charge in [0.05, 0.1) is 0 Å². The minimum Gasteiger partial charge on any atom is -0.370 e. The largest absolute Gasteiger partial charge is 0.370 e. The zero-order valence-electron chi connectivity index (χ0n) is 11.4. The molecule has 1 fully saturated rings. The highest BCUT2D eigenvalue weighted by atomic mass is 79.9. The van der Waals surface area contributed by atoms with Gasteiger partial charge in [-0.1, -0.05) is 15.9 Å². The molecule has 2 N–H and O–H groups in total. The Morgan fingerprint density at radius 3 is 2.72 bits per heavy atom. The summed E-state index contributed by atoms with van der Waals surface area (Å²) in [6.45, 7) is 4.25. The Balaban J connectivity index is 2.24. The van der Waals surface area contributed by atoms with Gasteiger partial charge in [0.25, 0.3) is 0 Å². The van der Waals surface area contributed by atoms with E-state index in [9.17, 15) is 0 Å². The van der Waals surface area contributed by atoms with Crippen molar-refractivity contribution in [3.63, 3.8) is 0 Å². The highest BCUT2D eigenvalue weighted by molar-refractivity contribution is 9.10. The molecule has 3 nitrogen and oxygen atoms in total. The molecule has 0 aromatic heterocycles. The van der Waals surface area contributed by atoms with Crippen molar-refractivity contribution in [3.05, 3.63) is 28.2 Å². The second-order valence-electron chi connectivity index (χ2n) is 5.34. The van der Waals surface area contributed by atoms with Crippen molar-refractivity contribution in [2.24, 2.45) is 5.73 Å². The summed E-state index contributed by atoms with van der Waals surface area (Å²) in [5.41, 5.74) is 8.60. The van der Waals surface area contributed by atoms with Crippen LogP contribution in [-0.2, 0) is 0 Å². The Labute approximate surface area is 118 Å². The fourth-order valence-corrected chi connectivity index (χ4v) is 2.94. The van der Waals surface area contributed by atoms with E-state index in [-0.39, 0.29) is 6.04 Å². The number of nitrogens with two attached hydrogens (primary N) is 1. The highest BCUT2D eigenvalue weighted by Gasteiger charge is 2.26. The third-order valence-corrected chi connectivity index (χ3v) is 4.21. The topological polar surface area (TPSA) is 32.5 Å². The molecule has 0 spiro atoms. The van der Waals surface area contributed by atoms with Gasteiger partial charge in [0.1, 0.15) is 0 Å². The maximum atomic E-state index is 6.09. The van der Waals surface area contributed by atoms with Crippen LogP contribution in [-0.4, -0.2) is 38.1 Å². The molecule has 1 saturated heterocycles. The molecule has 0 radical (unpaired) electrons. The smallest absolute Gasteiger partial charge is 0.0415 e. The van der Waals surface area contributed by atoms with Crippen molar-refractivity contribution in [1.82, 2.24) is 4.90 Å². The Hall–Kier alpha value is -0.580. The second kappa shape index (κ2) is 5.59. The van der Waals surface area contributed by atoms with Crippen molar-refractivity contribution < 1.29 is 0 Å². The second-order valence-corrected chi connectivity index (χ2v) is 6.26. The van der Waals surface area contributed by atoms with Crippen LogP contribution in [0.25, 0.3) is 0 Å². The van der Waals surface area contributed by atoms with Gasteiger partial charge in [-0.15, -0.1) is 0 Å². The predicted octanol–water partition coefficient (Wildman–Crippen LogP) is 2.61. The first-order chi connectivity index (χ1) is 8.49. The zero-order chi connectivity index (χ0) is 13.3. The first kappa shape index (κ1) is 13.8. The summed E-state index contributed by atoms with van der Waals surface area (Å²) in [6.07, 6.45) is 1.22. The van der Waals surface area contributed by atoms with E-state index in [2.05, 4.69) is 58.0 Å². The number of rotatable bonds is 3. The van der Waals surface area contributed by atoms with Crippen LogP contribution in [0.2, 0.25) is 0 Å². The predicted molar refractivity (Wildman–Crippen MR) is 81.0 cm³/mol. The highest BCUT2D eigenvalue weighted by Crippen LogP contribution is 2.31. The Morgan fingerprint density at radius 1 is 1.44 bits per heavy atom. The summed E-state index contributed by atoms with van der Waals surface area (Å²) in [7, 11) is 4.31. The maximum absolute atomic E-state index is 6.09. The van der Waals surface area contributed by atoms with E-state index in [4.69, 9.17) is 5.73 Å². The van der Waals surface area contributed by atoms with E-state index in [0.29, 0.717) is 6.04 Å². The van der Waals surface area contributed by atoms with Gasteiger partial charge in [-0.25, -0.2) is 0 Å². The maximum Gasteiger partial charge on any atom is 0.0415 e. The van der Waals surface area contributed by atoms with Crippen molar-refractivity contribution in [2.45, 2.75) is 25.4 Å². The summed E-state index contributed by atoms with van der Waals surface area (Å²) in [6, 6.07) is 7.14. The minimum atomic E-state index is 0.0657. The lowest BCUT2D eigenvalue weighted by Crippen LogP contribution is -2.32. The standard InChI is InChI=1S/C14H22BrN3/c1-10(16)13-8-11(15)4-5-14(13)18-7-6-12(9-18)17(2)3/h4-5,8,10,12H,6-7,9,16H2,1-3H3. The van der Waals surface area contributed by atoms with Gasteiger partial charge in [0.15, 0.2) is 0 Å². The van der Waals surface area contributed by atoms with Gasteiger partial charge in [-0.3, -0.25) is 0 Å². The number of likely N-dealkylation sites (N-methyl/N-ethyl adjacent to an activating group) is 1. The first-order valence-electron chi connectivity index (χ1n) is 6.45. The normalized spacial score (nSPS) is 21.7. The fourth-order valence-electron chi connectivity index (χ4n) is 2.56. The van der Waals surface area contributed by atoms with Crippen LogP contribution in [0.5, 0.6) is 0 Å². The van der Waals surface area contributed by atoms with Gasteiger partial charge >= 0.3 is 0 Å². The number of anilines is 1. The summed E-state index contributed by atoms with van der Waals surface area (Å²) in [5.74, 6) is 0. The van der Waals surface area contributed by atoms with Gasteiger partial charge in [-0.2, -0.15) is 0 Å². The van der Waals surface area contributed by atoms with Crippen molar-refractivity contribution in [1.29, 1.82) is 0 Å². The molecule has 2 unspecified atom stereocenters. The molecule has 0 bridgehead atoms. The van der Waals surface area contributed by atoms with E-state index >= 15 is 0 Å². The van der Waals surface area contributed by atoms with Crippen molar-refractivity contribution in [3.8, 4) is 0 Å². The van der Waals surface area contributed by atoms with Crippen LogP contribution in [0.1, 0.15) is 24.9 Å². The van der Waals surface area contributed by atoms with Crippen LogP contribution in [0.4, 0.5) is 5.69 Å². The van der Waals surface area contributed by atoms with Gasteiger partial charge in [0, 0.05) is 35.3 Å². The molecule has 2 rings (SSSR count). The number of halogens is 1. The molecule has 0 amide bonds. The van der Waals surface area contributed by atoms with Crippen LogP contribution in [0, 0.1) is 0 Å². The van der Waals surface area contributed by atoms with E-state index in [1.54, 1.807) is 0 Å². The number of benzene rings is 1. The van der Waals surface area contributed by atoms with Crippen LogP contribution >= 0.6 is 15.9 Å². The first-order valence-corrected chi connectivity index (χ1v) is 7.24. The average Bonchev–Trinajstić information content (AvgIpc) is 2.78. The van der Waals surface area contributed by atoms with Gasteiger partial charge in [0.2, 0.25) is 0 Å². The summed E-state index contributed by atoms with van der Waals surface area (Å²) in [4.78, 5) is 4.76. The average molecular weight is 312 g/mol. The SMILES string of the molecule is CC(N)c1cc(Br)ccc1N1CCC(N(C)C)C1. The molecule has 1 aromatic rings. The molecule has 1 aliphatic heterocycles. The van der Waals surface area contributed by atoms with Crippen molar-refractivity contribution in [2.75, 3.05) is 32.1 Å². The van der Waals surface area contributed by atoms with Gasteiger partial charge < -0.3 is 15.5 Å². The lowest BCUT2D eigenvalue weighted by Gasteiger charge is -2.25. The van der Waals surface area contributed by atoms with Crippen LogP contribution < -0.4 is 10.6 Å². The molecule has 0 saturated carbocycles. The number of hydrogen-bond acceptors (Lipinski definition) is 3. The molecular weight excluding hydrogens is 290 g/mol. The zero-order valence-corrected chi connectivity index (χ0v) is 12.9. The van der Waals surface area contributed by atoms with Crippen LogP contribution in [0.3, 0.4) is 0 Å². The molecule has 1 aliphatic rings. The molecule has 100 valence electrons. The van der Waals surface area contributed by atoms with Crippen LogP contribution in [0.15, 0.2) is 22.7 Å². The molecule has 4 heteroatoms. The van der Waals surface area contributed by atoms with E-state index in [1.165, 1.54) is 17.7 Å². The minimum absolute atomic E-state index is 0.0657. The Kier molecular flexibility index (Phi) is 4.30. The molecule has 0 aliphatic carbocycles. The molecule has 2 atom stereocenters. The lowest BCUT2D eigenvalue weighted by molar-refractivity contribution is 0.315. The number of nitrogens with zero attached hydrogens (tertiary/aromatic N) is 2. The number of hydrogen-bond donors (Lipinski definition) is 1. The Bertz CT molecular complexity index is 418. The quantitative estimate of drug-likeness (QED) is 0.931. The summed E-state index contributed by atoms with van der Waals surface area (Å²) in [5, 5.41) is 0. The van der Waals surface area contributed by atoms with E-state index in [0.717, 1.165) is 17.6 Å². The van der Waals surface area contributed by atoms with E-state index in [1.807, 2.05) is 6.92 Å². The fraction of sp³-hybridized carbons (Fsp3) is 0.571. The molecule has 1 aromatic carbocycles. The lowest BCUT2D eigenvalue weighted by atomic mass is 10.1. The third kappa shape index (κ3) is 2.87. The molecule has 1 heterocycles. The Morgan fingerprint density at radius 2 is 2.17 bits per heavy atom. The van der Waals surface area contributed by atoms with Gasteiger partial charge in [-0.05, 0) is 51.2 Å². The molecule has 18 heavy (non-hydrogen) atoms.